The van der Waals surface area contributed by atoms with Crippen molar-refractivity contribution in [2.24, 2.45) is 0 Å². The van der Waals surface area contributed by atoms with Crippen LogP contribution in [-0.2, 0) is 6.42 Å². The second-order valence-corrected chi connectivity index (χ2v) is 3.82. The molecule has 1 atom stereocenters. The summed E-state index contributed by atoms with van der Waals surface area (Å²) < 4.78 is 38.6. The lowest BCUT2D eigenvalue weighted by Gasteiger charge is -2.17. The summed E-state index contributed by atoms with van der Waals surface area (Å²) in [4.78, 5) is 0. The Morgan fingerprint density at radius 3 is 2.62 bits per heavy atom. The lowest BCUT2D eigenvalue weighted by atomic mass is 10.1. The van der Waals surface area contributed by atoms with Crippen molar-refractivity contribution >= 4 is 11.6 Å². The summed E-state index contributed by atoms with van der Waals surface area (Å²) in [6, 6.07) is 3.37. The fourth-order valence-corrected chi connectivity index (χ4v) is 1.65. The Balaban J connectivity index is 2.81. The number of likely N-dealkylation sites (N-methyl/N-ethyl adjacent to an activating group) is 1. The average molecular weight is 252 g/mol. The molecule has 0 saturated heterocycles. The molecule has 1 aromatic carbocycles. The third-order valence-corrected chi connectivity index (χ3v) is 2.53. The van der Waals surface area contributed by atoms with Gasteiger partial charge in [0.1, 0.15) is 5.82 Å². The van der Waals surface area contributed by atoms with E-state index in [4.69, 9.17) is 11.6 Å². The van der Waals surface area contributed by atoms with Crippen molar-refractivity contribution in [3.8, 4) is 0 Å². The fraction of sp³-hybridized carbons (Fsp3) is 0.455. The van der Waals surface area contributed by atoms with Crippen LogP contribution in [0.25, 0.3) is 0 Å². The first-order valence-corrected chi connectivity index (χ1v) is 5.38. The van der Waals surface area contributed by atoms with Gasteiger partial charge in [0.05, 0.1) is 11.1 Å². The number of halogens is 4. The van der Waals surface area contributed by atoms with E-state index in [9.17, 15) is 13.2 Å². The highest BCUT2D eigenvalue weighted by Gasteiger charge is 2.21. The molecule has 1 rings (SSSR count). The maximum absolute atomic E-state index is 13.5. The van der Waals surface area contributed by atoms with Gasteiger partial charge in [-0.05, 0) is 24.6 Å². The molecule has 16 heavy (non-hydrogen) atoms. The van der Waals surface area contributed by atoms with Crippen molar-refractivity contribution < 1.29 is 13.2 Å². The van der Waals surface area contributed by atoms with E-state index in [1.54, 1.807) is 13.0 Å². The predicted molar refractivity (Wildman–Crippen MR) is 58.6 cm³/mol. The molecule has 0 aliphatic carbocycles. The average Bonchev–Trinajstić information content (AvgIpc) is 2.23. The number of alkyl halides is 2. The van der Waals surface area contributed by atoms with Crippen molar-refractivity contribution in [1.82, 2.24) is 5.32 Å². The Morgan fingerprint density at radius 2 is 2.06 bits per heavy atom. The van der Waals surface area contributed by atoms with E-state index >= 15 is 0 Å². The summed E-state index contributed by atoms with van der Waals surface area (Å²) in [7, 11) is 0. The Labute approximate surface area is 97.6 Å². The number of hydrogen-bond acceptors (Lipinski definition) is 1. The van der Waals surface area contributed by atoms with E-state index in [0.29, 0.717) is 6.54 Å². The van der Waals surface area contributed by atoms with Gasteiger partial charge in [0.25, 0.3) is 6.43 Å². The van der Waals surface area contributed by atoms with E-state index in [1.165, 1.54) is 12.1 Å². The fourth-order valence-electron chi connectivity index (χ4n) is 1.46. The van der Waals surface area contributed by atoms with Crippen LogP contribution in [0.2, 0.25) is 5.02 Å². The monoisotopic (exact) mass is 251 g/mol. The van der Waals surface area contributed by atoms with Gasteiger partial charge in [0.15, 0.2) is 0 Å². The van der Waals surface area contributed by atoms with Crippen LogP contribution in [0.4, 0.5) is 13.2 Å². The quantitative estimate of drug-likeness (QED) is 0.847. The molecular weight excluding hydrogens is 239 g/mol. The van der Waals surface area contributed by atoms with E-state index in [2.05, 4.69) is 5.32 Å². The molecule has 0 heterocycles. The van der Waals surface area contributed by atoms with Crippen molar-refractivity contribution in [2.75, 3.05) is 6.54 Å². The SMILES string of the molecule is CCNC(Cc1cccc(Cl)c1F)C(F)F. The standard InChI is InChI=1S/C11H13ClF3N/c1-2-16-9(11(14)15)6-7-4-3-5-8(12)10(7)13/h3-5,9,11,16H,2,6H2,1H3. The van der Waals surface area contributed by atoms with Crippen LogP contribution in [0, 0.1) is 5.82 Å². The number of nitrogens with one attached hydrogen (secondary N) is 1. The first-order valence-electron chi connectivity index (χ1n) is 5.00. The van der Waals surface area contributed by atoms with Gasteiger partial charge in [-0.25, -0.2) is 13.2 Å². The molecule has 0 aromatic heterocycles. The van der Waals surface area contributed by atoms with Gasteiger partial charge in [-0.1, -0.05) is 30.7 Å². The summed E-state index contributed by atoms with van der Waals surface area (Å²) in [6.45, 7) is 2.14. The van der Waals surface area contributed by atoms with Crippen molar-refractivity contribution in [3.63, 3.8) is 0 Å². The molecule has 0 spiro atoms. The summed E-state index contributed by atoms with van der Waals surface area (Å²) in [5.74, 6) is -0.618. The van der Waals surface area contributed by atoms with Crippen LogP contribution in [0.5, 0.6) is 0 Å². The maximum Gasteiger partial charge on any atom is 0.254 e. The Bertz CT molecular complexity index is 344. The molecule has 1 aromatic rings. The van der Waals surface area contributed by atoms with Crippen LogP contribution >= 0.6 is 11.6 Å². The first kappa shape index (κ1) is 13.3. The lowest BCUT2D eigenvalue weighted by Crippen LogP contribution is -2.37. The Kier molecular flexibility index (Phi) is 5.09. The number of hydrogen-bond donors (Lipinski definition) is 1. The molecule has 0 bridgehead atoms. The zero-order valence-electron chi connectivity index (χ0n) is 8.81. The minimum Gasteiger partial charge on any atom is -0.309 e. The molecule has 0 radical (unpaired) electrons. The molecule has 90 valence electrons. The van der Waals surface area contributed by atoms with E-state index < -0.39 is 18.3 Å². The summed E-state index contributed by atoms with van der Waals surface area (Å²) >= 11 is 5.57. The predicted octanol–water partition coefficient (Wildman–Crippen LogP) is 3.26. The van der Waals surface area contributed by atoms with Gasteiger partial charge < -0.3 is 5.32 Å². The van der Waals surface area contributed by atoms with Crippen LogP contribution < -0.4 is 5.32 Å². The van der Waals surface area contributed by atoms with Crippen molar-refractivity contribution in [3.05, 3.63) is 34.6 Å². The summed E-state index contributed by atoms with van der Waals surface area (Å²) in [5, 5.41) is 2.58. The number of benzene rings is 1. The van der Waals surface area contributed by atoms with Gasteiger partial charge >= 0.3 is 0 Å². The lowest BCUT2D eigenvalue weighted by molar-refractivity contribution is 0.0987. The minimum atomic E-state index is -2.53. The van der Waals surface area contributed by atoms with Gasteiger partial charge in [-0.2, -0.15) is 0 Å². The molecule has 0 aliphatic heterocycles. The highest BCUT2D eigenvalue weighted by molar-refractivity contribution is 6.30. The topological polar surface area (TPSA) is 12.0 Å². The molecule has 0 amide bonds. The van der Waals surface area contributed by atoms with Gasteiger partial charge in [-0.3, -0.25) is 0 Å². The third-order valence-electron chi connectivity index (χ3n) is 2.24. The second-order valence-electron chi connectivity index (χ2n) is 3.42. The van der Waals surface area contributed by atoms with Gasteiger partial charge in [-0.15, -0.1) is 0 Å². The minimum absolute atomic E-state index is 0.0398. The third kappa shape index (κ3) is 3.39. The zero-order chi connectivity index (χ0) is 12.1. The van der Waals surface area contributed by atoms with Crippen LogP contribution in [0.3, 0.4) is 0 Å². The van der Waals surface area contributed by atoms with Crippen molar-refractivity contribution in [1.29, 1.82) is 0 Å². The molecule has 0 saturated carbocycles. The van der Waals surface area contributed by atoms with Crippen LogP contribution in [-0.4, -0.2) is 19.0 Å². The van der Waals surface area contributed by atoms with Gasteiger partial charge in [0.2, 0.25) is 0 Å². The Hall–Kier alpha value is -0.740. The molecular formula is C11H13ClF3N. The van der Waals surface area contributed by atoms with Gasteiger partial charge in [0, 0.05) is 0 Å². The van der Waals surface area contributed by atoms with Crippen molar-refractivity contribution in [2.45, 2.75) is 25.8 Å². The highest BCUT2D eigenvalue weighted by atomic mass is 35.5. The molecule has 1 nitrogen and oxygen atoms in total. The highest BCUT2D eigenvalue weighted by Crippen LogP contribution is 2.20. The molecule has 5 heteroatoms. The smallest absolute Gasteiger partial charge is 0.254 e. The Morgan fingerprint density at radius 1 is 1.38 bits per heavy atom. The summed E-state index contributed by atoms with van der Waals surface area (Å²) in [6.07, 6.45) is -2.60. The number of rotatable bonds is 5. The normalized spacial score (nSPS) is 13.1. The van der Waals surface area contributed by atoms with Crippen LogP contribution in [0.15, 0.2) is 18.2 Å². The maximum atomic E-state index is 13.5. The first-order chi connectivity index (χ1) is 7.56. The van der Waals surface area contributed by atoms with E-state index in [-0.39, 0.29) is 17.0 Å². The van der Waals surface area contributed by atoms with E-state index in [1.807, 2.05) is 0 Å². The largest absolute Gasteiger partial charge is 0.309 e. The second kappa shape index (κ2) is 6.11. The summed E-state index contributed by atoms with van der Waals surface area (Å²) in [5.41, 5.74) is 0.207. The molecule has 1 unspecified atom stereocenters. The zero-order valence-corrected chi connectivity index (χ0v) is 9.57. The van der Waals surface area contributed by atoms with E-state index in [0.717, 1.165) is 0 Å². The molecule has 0 fully saturated rings. The van der Waals surface area contributed by atoms with Crippen LogP contribution in [0.1, 0.15) is 12.5 Å². The molecule has 0 aliphatic rings. The molecule has 1 N–H and O–H groups in total.